The lowest BCUT2D eigenvalue weighted by atomic mass is 9.77. The Balaban J connectivity index is 1.52. The van der Waals surface area contributed by atoms with E-state index in [1.165, 1.54) is 6.39 Å². The molecule has 25 heavy (non-hydrogen) atoms. The maximum atomic E-state index is 6.26. The van der Waals surface area contributed by atoms with Gasteiger partial charge in [-0.3, -0.25) is 0 Å². The first-order chi connectivity index (χ1) is 12.2. The van der Waals surface area contributed by atoms with Gasteiger partial charge in [0.1, 0.15) is 13.2 Å². The molecule has 3 aromatic rings. The standard InChI is InChI=1S/C17H16N4O4/c18-17(4-1-5-17)16-20-15(25-21-16)13-14(24-9-19-13)10-2-3-11-12(8-10)23-7-6-22-11/h2-3,8-9H,1,4-7,18H2. The molecule has 0 spiro atoms. The van der Waals surface area contributed by atoms with Crippen molar-refractivity contribution in [1.29, 1.82) is 0 Å². The molecule has 0 atom stereocenters. The predicted octanol–water partition coefficient (Wildman–Crippen LogP) is 2.50. The van der Waals surface area contributed by atoms with Crippen LogP contribution in [0.5, 0.6) is 11.5 Å². The number of oxazole rings is 1. The molecule has 8 heteroatoms. The molecular formula is C17H16N4O4. The van der Waals surface area contributed by atoms with E-state index in [-0.39, 0.29) is 0 Å². The lowest BCUT2D eigenvalue weighted by Crippen LogP contribution is -2.44. The smallest absolute Gasteiger partial charge is 0.280 e. The lowest BCUT2D eigenvalue weighted by molar-refractivity contribution is 0.171. The Labute approximate surface area is 142 Å². The minimum absolute atomic E-state index is 0.297. The van der Waals surface area contributed by atoms with Crippen molar-refractivity contribution >= 4 is 0 Å². The quantitative estimate of drug-likeness (QED) is 0.774. The number of fused-ring (bicyclic) bond motifs is 1. The molecule has 0 radical (unpaired) electrons. The second kappa shape index (κ2) is 5.32. The van der Waals surface area contributed by atoms with E-state index in [0.29, 0.717) is 47.9 Å². The first-order valence-corrected chi connectivity index (χ1v) is 8.20. The monoisotopic (exact) mass is 340 g/mol. The average Bonchev–Trinajstić information content (AvgIpc) is 3.28. The molecule has 2 aliphatic rings. The maximum Gasteiger partial charge on any atom is 0.280 e. The molecule has 5 rings (SSSR count). The minimum atomic E-state index is -0.483. The average molecular weight is 340 g/mol. The van der Waals surface area contributed by atoms with E-state index in [0.717, 1.165) is 24.8 Å². The Morgan fingerprint density at radius 3 is 2.72 bits per heavy atom. The van der Waals surface area contributed by atoms with Gasteiger partial charge < -0.3 is 24.1 Å². The number of hydrogen-bond acceptors (Lipinski definition) is 8. The van der Waals surface area contributed by atoms with Crippen molar-refractivity contribution in [2.75, 3.05) is 13.2 Å². The van der Waals surface area contributed by atoms with Crippen molar-refractivity contribution in [3.8, 4) is 34.4 Å². The van der Waals surface area contributed by atoms with E-state index < -0.39 is 5.54 Å². The molecule has 8 nitrogen and oxygen atoms in total. The zero-order chi connectivity index (χ0) is 16.9. The van der Waals surface area contributed by atoms with Crippen molar-refractivity contribution in [3.05, 3.63) is 30.4 Å². The van der Waals surface area contributed by atoms with Crippen LogP contribution in [-0.4, -0.2) is 28.3 Å². The third-order valence-electron chi connectivity index (χ3n) is 4.69. The van der Waals surface area contributed by atoms with Crippen LogP contribution in [0, 0.1) is 0 Å². The lowest BCUT2D eigenvalue weighted by Gasteiger charge is -2.34. The van der Waals surface area contributed by atoms with Gasteiger partial charge in [0.05, 0.1) is 5.54 Å². The SMILES string of the molecule is NC1(c2noc(-c3ncoc3-c3ccc4c(c3)OCCO4)n2)CCC1. The molecule has 2 N–H and O–H groups in total. The highest BCUT2D eigenvalue weighted by atomic mass is 16.6. The van der Waals surface area contributed by atoms with Crippen LogP contribution in [0.3, 0.4) is 0 Å². The Morgan fingerprint density at radius 2 is 1.92 bits per heavy atom. The van der Waals surface area contributed by atoms with Gasteiger partial charge in [-0.2, -0.15) is 4.98 Å². The van der Waals surface area contributed by atoms with Crippen LogP contribution in [0.25, 0.3) is 22.9 Å². The van der Waals surface area contributed by atoms with E-state index >= 15 is 0 Å². The van der Waals surface area contributed by atoms with Crippen LogP contribution < -0.4 is 15.2 Å². The molecule has 1 fully saturated rings. The summed E-state index contributed by atoms with van der Waals surface area (Å²) in [6.07, 6.45) is 4.15. The molecule has 1 saturated carbocycles. The molecule has 0 amide bonds. The van der Waals surface area contributed by atoms with Gasteiger partial charge in [0.15, 0.2) is 35.2 Å². The molecule has 128 valence electrons. The minimum Gasteiger partial charge on any atom is -0.486 e. The summed E-state index contributed by atoms with van der Waals surface area (Å²) in [4.78, 5) is 8.68. The molecule has 2 aromatic heterocycles. The zero-order valence-electron chi connectivity index (χ0n) is 13.4. The highest BCUT2D eigenvalue weighted by molar-refractivity contribution is 5.74. The van der Waals surface area contributed by atoms with Crippen LogP contribution >= 0.6 is 0 Å². The number of nitrogens with zero attached hydrogens (tertiary/aromatic N) is 3. The van der Waals surface area contributed by atoms with Gasteiger partial charge in [0, 0.05) is 5.56 Å². The van der Waals surface area contributed by atoms with Gasteiger partial charge in [-0.25, -0.2) is 4.98 Å². The number of benzene rings is 1. The summed E-state index contributed by atoms with van der Waals surface area (Å²) in [6, 6.07) is 5.58. The maximum absolute atomic E-state index is 6.26. The number of rotatable bonds is 3. The fourth-order valence-electron chi connectivity index (χ4n) is 3.09. The molecular weight excluding hydrogens is 324 g/mol. The van der Waals surface area contributed by atoms with Gasteiger partial charge >= 0.3 is 0 Å². The molecule has 0 bridgehead atoms. The van der Waals surface area contributed by atoms with Gasteiger partial charge in [-0.1, -0.05) is 5.16 Å². The second-order valence-corrected chi connectivity index (χ2v) is 6.32. The van der Waals surface area contributed by atoms with Gasteiger partial charge in [0.2, 0.25) is 0 Å². The zero-order valence-corrected chi connectivity index (χ0v) is 13.4. The fraction of sp³-hybridized carbons (Fsp3) is 0.353. The van der Waals surface area contributed by atoms with E-state index in [1.807, 2.05) is 18.2 Å². The number of nitrogens with two attached hydrogens (primary N) is 1. The molecule has 1 aromatic carbocycles. The normalized spacial score (nSPS) is 18.0. The molecule has 1 aliphatic heterocycles. The number of hydrogen-bond donors (Lipinski definition) is 1. The van der Waals surface area contributed by atoms with E-state index in [9.17, 15) is 0 Å². The molecule has 3 heterocycles. The summed E-state index contributed by atoms with van der Waals surface area (Å²) >= 11 is 0. The number of ether oxygens (including phenoxy) is 2. The molecule has 0 saturated heterocycles. The highest BCUT2D eigenvalue weighted by Gasteiger charge is 2.39. The van der Waals surface area contributed by atoms with E-state index in [4.69, 9.17) is 24.1 Å². The van der Waals surface area contributed by atoms with E-state index in [1.54, 1.807) is 0 Å². The van der Waals surface area contributed by atoms with Crippen LogP contribution in [-0.2, 0) is 5.54 Å². The van der Waals surface area contributed by atoms with Gasteiger partial charge in [-0.05, 0) is 37.5 Å². The predicted molar refractivity (Wildman–Crippen MR) is 85.9 cm³/mol. The Hall–Kier alpha value is -2.87. The summed E-state index contributed by atoms with van der Waals surface area (Å²) < 4.78 is 22.1. The van der Waals surface area contributed by atoms with Crippen LogP contribution in [0.1, 0.15) is 25.1 Å². The van der Waals surface area contributed by atoms with Crippen molar-refractivity contribution in [2.24, 2.45) is 5.73 Å². The molecule has 1 aliphatic carbocycles. The third-order valence-corrected chi connectivity index (χ3v) is 4.69. The Morgan fingerprint density at radius 1 is 1.08 bits per heavy atom. The largest absolute Gasteiger partial charge is 0.486 e. The van der Waals surface area contributed by atoms with Crippen molar-refractivity contribution in [3.63, 3.8) is 0 Å². The van der Waals surface area contributed by atoms with Gasteiger partial charge in [0.25, 0.3) is 5.89 Å². The second-order valence-electron chi connectivity index (χ2n) is 6.32. The summed E-state index contributed by atoms with van der Waals surface area (Å²) in [6.45, 7) is 1.07. The summed E-state index contributed by atoms with van der Waals surface area (Å²) in [5, 5.41) is 4.03. The number of aromatic nitrogens is 3. The highest BCUT2D eigenvalue weighted by Crippen LogP contribution is 2.40. The van der Waals surface area contributed by atoms with Gasteiger partial charge in [-0.15, -0.1) is 0 Å². The van der Waals surface area contributed by atoms with E-state index in [2.05, 4.69) is 15.1 Å². The van der Waals surface area contributed by atoms with Crippen molar-refractivity contribution in [2.45, 2.75) is 24.8 Å². The molecule has 0 unspecified atom stereocenters. The Bertz CT molecular complexity index is 928. The summed E-state index contributed by atoms with van der Waals surface area (Å²) in [7, 11) is 0. The third kappa shape index (κ3) is 2.29. The summed E-state index contributed by atoms with van der Waals surface area (Å²) in [5.74, 6) is 2.74. The summed E-state index contributed by atoms with van der Waals surface area (Å²) in [5.41, 5.74) is 7.05. The first-order valence-electron chi connectivity index (χ1n) is 8.20. The van der Waals surface area contributed by atoms with Crippen molar-refractivity contribution in [1.82, 2.24) is 15.1 Å². The first kappa shape index (κ1) is 14.5. The van der Waals surface area contributed by atoms with Crippen molar-refractivity contribution < 1.29 is 18.4 Å². The van der Waals surface area contributed by atoms with Crippen LogP contribution in [0.2, 0.25) is 0 Å². The Kier molecular flexibility index (Phi) is 3.08. The van der Waals surface area contributed by atoms with Crippen LogP contribution in [0.4, 0.5) is 0 Å². The topological polar surface area (TPSA) is 109 Å². The van der Waals surface area contributed by atoms with Crippen LogP contribution in [0.15, 0.2) is 33.5 Å². The fourth-order valence-corrected chi connectivity index (χ4v) is 3.09.